The van der Waals surface area contributed by atoms with Crippen LogP contribution in [0.1, 0.15) is 19.8 Å². The van der Waals surface area contributed by atoms with Crippen molar-refractivity contribution in [2.45, 2.75) is 31.5 Å². The zero-order chi connectivity index (χ0) is 15.7. The van der Waals surface area contributed by atoms with Gasteiger partial charge in [-0.05, 0) is 38.0 Å². The maximum Gasteiger partial charge on any atom is 0.278 e. The van der Waals surface area contributed by atoms with Gasteiger partial charge < -0.3 is 20.1 Å². The SMILES string of the molecule is C[C@@]1(C(=O)NC[C@H]2CCCO2)Oc2ccc(Cl)cc2NC1=O. The Hall–Kier alpha value is -1.79. The summed E-state index contributed by atoms with van der Waals surface area (Å²) in [5.41, 5.74) is -1.15. The number of carbonyl (C=O) groups excluding carboxylic acids is 2. The first-order valence-electron chi connectivity index (χ1n) is 7.19. The van der Waals surface area contributed by atoms with Crippen molar-refractivity contribution in [2.75, 3.05) is 18.5 Å². The summed E-state index contributed by atoms with van der Waals surface area (Å²) in [5, 5.41) is 5.87. The molecule has 0 aliphatic carbocycles. The minimum Gasteiger partial charge on any atom is -0.466 e. The highest BCUT2D eigenvalue weighted by molar-refractivity contribution is 6.31. The summed E-state index contributed by atoms with van der Waals surface area (Å²) >= 11 is 5.88. The lowest BCUT2D eigenvalue weighted by Crippen LogP contribution is -2.59. The van der Waals surface area contributed by atoms with Crippen molar-refractivity contribution in [3.05, 3.63) is 23.2 Å². The molecule has 1 aromatic rings. The molecular formula is C15H17ClN2O4. The van der Waals surface area contributed by atoms with Crippen LogP contribution in [0.2, 0.25) is 5.02 Å². The van der Waals surface area contributed by atoms with Crippen LogP contribution in [0.3, 0.4) is 0 Å². The Balaban J connectivity index is 1.72. The van der Waals surface area contributed by atoms with Crippen LogP contribution in [0.25, 0.3) is 0 Å². The quantitative estimate of drug-likeness (QED) is 0.830. The number of carbonyl (C=O) groups is 2. The van der Waals surface area contributed by atoms with Gasteiger partial charge in [0.05, 0.1) is 11.8 Å². The van der Waals surface area contributed by atoms with Gasteiger partial charge in [-0.2, -0.15) is 0 Å². The number of benzene rings is 1. The Morgan fingerprint density at radius 1 is 1.55 bits per heavy atom. The van der Waals surface area contributed by atoms with Gasteiger partial charge in [0.2, 0.25) is 0 Å². The molecule has 0 saturated carbocycles. The molecule has 1 saturated heterocycles. The van der Waals surface area contributed by atoms with Gasteiger partial charge >= 0.3 is 0 Å². The molecule has 7 heteroatoms. The molecule has 22 heavy (non-hydrogen) atoms. The normalized spacial score (nSPS) is 26.8. The van der Waals surface area contributed by atoms with Crippen molar-refractivity contribution in [2.24, 2.45) is 0 Å². The first-order chi connectivity index (χ1) is 10.5. The molecule has 0 bridgehead atoms. The number of halogens is 1. The van der Waals surface area contributed by atoms with Crippen molar-refractivity contribution >= 4 is 29.1 Å². The Morgan fingerprint density at radius 3 is 3.09 bits per heavy atom. The Labute approximate surface area is 133 Å². The maximum absolute atomic E-state index is 12.4. The third-order valence-electron chi connectivity index (χ3n) is 3.88. The number of nitrogens with one attached hydrogen (secondary N) is 2. The molecule has 3 rings (SSSR count). The Kier molecular flexibility index (Phi) is 3.97. The highest BCUT2D eigenvalue weighted by atomic mass is 35.5. The molecule has 0 spiro atoms. The number of fused-ring (bicyclic) bond motifs is 1. The average Bonchev–Trinajstić information content (AvgIpc) is 2.99. The van der Waals surface area contributed by atoms with E-state index in [0.29, 0.717) is 29.6 Å². The van der Waals surface area contributed by atoms with E-state index in [1.807, 2.05) is 0 Å². The van der Waals surface area contributed by atoms with Crippen molar-refractivity contribution in [1.82, 2.24) is 5.32 Å². The van der Waals surface area contributed by atoms with Crippen molar-refractivity contribution in [1.29, 1.82) is 0 Å². The van der Waals surface area contributed by atoms with Gasteiger partial charge in [0.15, 0.2) is 0 Å². The highest BCUT2D eigenvalue weighted by Crippen LogP contribution is 2.35. The second kappa shape index (κ2) is 5.78. The van der Waals surface area contributed by atoms with E-state index in [9.17, 15) is 9.59 Å². The summed E-state index contributed by atoms with van der Waals surface area (Å²) in [7, 11) is 0. The first kappa shape index (κ1) is 15.1. The highest BCUT2D eigenvalue weighted by Gasteiger charge is 2.47. The number of anilines is 1. The number of ether oxygens (including phenoxy) is 2. The van der Waals surface area contributed by atoms with Crippen LogP contribution < -0.4 is 15.4 Å². The van der Waals surface area contributed by atoms with Crippen LogP contribution >= 0.6 is 11.6 Å². The second-order valence-electron chi connectivity index (χ2n) is 5.57. The number of hydrogen-bond donors (Lipinski definition) is 2. The van der Waals surface area contributed by atoms with E-state index >= 15 is 0 Å². The van der Waals surface area contributed by atoms with Crippen LogP contribution in [0.5, 0.6) is 5.75 Å². The number of amides is 2. The molecular weight excluding hydrogens is 308 g/mol. The van der Waals surface area contributed by atoms with Gasteiger partial charge in [-0.3, -0.25) is 9.59 Å². The summed E-state index contributed by atoms with van der Waals surface area (Å²) < 4.78 is 11.1. The predicted octanol–water partition coefficient (Wildman–Crippen LogP) is 1.72. The molecule has 0 aromatic heterocycles. The Morgan fingerprint density at radius 2 is 2.36 bits per heavy atom. The molecule has 2 N–H and O–H groups in total. The lowest BCUT2D eigenvalue weighted by atomic mass is 10.0. The summed E-state index contributed by atoms with van der Waals surface area (Å²) in [5.74, 6) is -0.591. The van der Waals surface area contributed by atoms with Crippen LogP contribution in [-0.4, -0.2) is 36.7 Å². The largest absolute Gasteiger partial charge is 0.466 e. The van der Waals surface area contributed by atoms with E-state index in [1.165, 1.54) is 6.92 Å². The molecule has 2 atom stereocenters. The maximum atomic E-state index is 12.4. The summed E-state index contributed by atoms with van der Waals surface area (Å²) in [4.78, 5) is 24.6. The summed E-state index contributed by atoms with van der Waals surface area (Å²) in [6.45, 7) is 2.53. The lowest BCUT2D eigenvalue weighted by Gasteiger charge is -2.33. The standard InChI is InChI=1S/C15H17ClN2O4/c1-15(13(19)17-8-10-3-2-6-21-10)14(20)18-11-7-9(16)4-5-12(11)22-15/h4-5,7,10H,2-3,6,8H2,1H3,(H,17,19)(H,18,20)/t10-,15+/m1/s1. The van der Waals surface area contributed by atoms with E-state index in [0.717, 1.165) is 12.8 Å². The van der Waals surface area contributed by atoms with E-state index in [4.69, 9.17) is 21.1 Å². The zero-order valence-corrected chi connectivity index (χ0v) is 12.9. The van der Waals surface area contributed by atoms with E-state index in [2.05, 4.69) is 10.6 Å². The summed E-state index contributed by atoms with van der Waals surface area (Å²) in [6.07, 6.45) is 1.90. The van der Waals surface area contributed by atoms with Crippen molar-refractivity contribution in [3.8, 4) is 5.75 Å². The third-order valence-corrected chi connectivity index (χ3v) is 4.12. The number of hydrogen-bond acceptors (Lipinski definition) is 4. The zero-order valence-electron chi connectivity index (χ0n) is 12.1. The molecule has 6 nitrogen and oxygen atoms in total. The van der Waals surface area contributed by atoms with Gasteiger partial charge in [-0.25, -0.2) is 0 Å². The van der Waals surface area contributed by atoms with Crippen molar-refractivity contribution < 1.29 is 19.1 Å². The molecule has 1 aromatic carbocycles. The molecule has 118 valence electrons. The average molecular weight is 325 g/mol. The fourth-order valence-electron chi connectivity index (χ4n) is 2.53. The fourth-order valence-corrected chi connectivity index (χ4v) is 2.70. The molecule has 1 fully saturated rings. The molecule has 2 heterocycles. The van der Waals surface area contributed by atoms with Gasteiger partial charge in [0.25, 0.3) is 17.4 Å². The second-order valence-corrected chi connectivity index (χ2v) is 6.01. The topological polar surface area (TPSA) is 76.7 Å². The summed E-state index contributed by atoms with van der Waals surface area (Å²) in [6, 6.07) is 4.85. The van der Waals surface area contributed by atoms with E-state index in [1.54, 1.807) is 18.2 Å². The smallest absolute Gasteiger partial charge is 0.278 e. The molecule has 2 aliphatic heterocycles. The monoisotopic (exact) mass is 324 g/mol. The predicted molar refractivity (Wildman–Crippen MR) is 81.1 cm³/mol. The third kappa shape index (κ3) is 2.76. The van der Waals surface area contributed by atoms with E-state index < -0.39 is 17.4 Å². The molecule has 0 radical (unpaired) electrons. The molecule has 2 aliphatic rings. The van der Waals surface area contributed by atoms with Crippen LogP contribution in [0.4, 0.5) is 5.69 Å². The minimum absolute atomic E-state index is 0.00490. The van der Waals surface area contributed by atoms with Gasteiger partial charge in [-0.1, -0.05) is 11.6 Å². The molecule has 0 unspecified atom stereocenters. The van der Waals surface area contributed by atoms with Gasteiger partial charge in [0.1, 0.15) is 5.75 Å². The minimum atomic E-state index is -1.61. The van der Waals surface area contributed by atoms with Crippen molar-refractivity contribution in [3.63, 3.8) is 0 Å². The van der Waals surface area contributed by atoms with Gasteiger partial charge in [0, 0.05) is 18.2 Å². The lowest BCUT2D eigenvalue weighted by molar-refractivity contribution is -0.147. The van der Waals surface area contributed by atoms with Crippen LogP contribution in [-0.2, 0) is 14.3 Å². The number of rotatable bonds is 3. The van der Waals surface area contributed by atoms with Crippen LogP contribution in [0, 0.1) is 0 Å². The first-order valence-corrected chi connectivity index (χ1v) is 7.57. The van der Waals surface area contributed by atoms with Crippen LogP contribution in [0.15, 0.2) is 18.2 Å². The fraction of sp³-hybridized carbons (Fsp3) is 0.467. The van der Waals surface area contributed by atoms with E-state index in [-0.39, 0.29) is 6.10 Å². The van der Waals surface area contributed by atoms with Gasteiger partial charge in [-0.15, -0.1) is 0 Å². The Bertz CT molecular complexity index is 616. The molecule has 2 amide bonds.